The van der Waals surface area contributed by atoms with Gasteiger partial charge in [0.1, 0.15) is 11.5 Å². The maximum absolute atomic E-state index is 12.9. The highest BCUT2D eigenvalue weighted by Gasteiger charge is 2.27. The van der Waals surface area contributed by atoms with Crippen molar-refractivity contribution < 1.29 is 27.1 Å². The van der Waals surface area contributed by atoms with E-state index in [9.17, 15) is 13.2 Å². The first-order chi connectivity index (χ1) is 13.9. The van der Waals surface area contributed by atoms with E-state index in [1.54, 1.807) is 24.5 Å². The summed E-state index contributed by atoms with van der Waals surface area (Å²) in [5, 5.41) is 2.78. The van der Waals surface area contributed by atoms with Crippen molar-refractivity contribution in [2.45, 2.75) is 37.7 Å². The maximum Gasteiger partial charge on any atom is 0.243 e. The van der Waals surface area contributed by atoms with Crippen LogP contribution in [0.3, 0.4) is 0 Å². The summed E-state index contributed by atoms with van der Waals surface area (Å²) < 4.78 is 43.5. The van der Waals surface area contributed by atoms with Gasteiger partial charge in [-0.2, -0.15) is 4.31 Å². The Morgan fingerprint density at radius 1 is 1.24 bits per heavy atom. The van der Waals surface area contributed by atoms with E-state index in [-0.39, 0.29) is 23.3 Å². The molecular weight excluding hydrogens is 396 g/mol. The molecule has 9 heteroatoms. The first-order valence-corrected chi connectivity index (χ1v) is 11.0. The molecule has 8 nitrogen and oxygen atoms in total. The van der Waals surface area contributed by atoms with Gasteiger partial charge in [0.2, 0.25) is 15.9 Å². The number of aryl methyl sites for hydroxylation is 1. The topological polar surface area (TPSA) is 98.1 Å². The van der Waals surface area contributed by atoms with Crippen LogP contribution in [0.1, 0.15) is 26.0 Å². The zero-order chi connectivity index (χ0) is 20.9. The monoisotopic (exact) mass is 422 g/mol. The van der Waals surface area contributed by atoms with Crippen molar-refractivity contribution in [2.75, 3.05) is 31.6 Å². The van der Waals surface area contributed by atoms with Crippen molar-refractivity contribution >= 4 is 21.6 Å². The maximum atomic E-state index is 12.9. The standard InChI is InChI=1S/C20H26N2O6S/c1-15(2)28-19-7-6-17(29(24,25)22-9-12-26-13-10-22)14-18(19)21-20(23)8-5-16-4-3-11-27-16/h3-4,6-7,11,14-15H,5,8-10,12-13H2,1-2H3,(H,21,23). The Bertz CT molecular complexity index is 918. The van der Waals surface area contributed by atoms with E-state index in [2.05, 4.69) is 5.32 Å². The van der Waals surface area contributed by atoms with Gasteiger partial charge in [-0.3, -0.25) is 4.79 Å². The average molecular weight is 423 g/mol. The Labute approximate surface area is 170 Å². The van der Waals surface area contributed by atoms with E-state index >= 15 is 0 Å². The second-order valence-corrected chi connectivity index (χ2v) is 8.91. The molecule has 1 saturated heterocycles. The molecule has 1 aliphatic rings. The Balaban J connectivity index is 1.80. The van der Waals surface area contributed by atoms with Gasteiger partial charge >= 0.3 is 0 Å². The molecular formula is C20H26N2O6S. The molecule has 2 aromatic rings. The van der Waals surface area contributed by atoms with E-state index < -0.39 is 10.0 Å². The average Bonchev–Trinajstić information content (AvgIpc) is 3.21. The number of amides is 1. The molecule has 1 fully saturated rings. The van der Waals surface area contributed by atoms with E-state index in [1.807, 2.05) is 13.8 Å². The van der Waals surface area contributed by atoms with Gasteiger partial charge in [0.15, 0.2) is 0 Å². The highest BCUT2D eigenvalue weighted by Crippen LogP contribution is 2.30. The van der Waals surface area contributed by atoms with E-state index in [0.29, 0.717) is 49.9 Å². The normalized spacial score (nSPS) is 15.4. The number of nitrogens with zero attached hydrogens (tertiary/aromatic N) is 1. The molecule has 0 saturated carbocycles. The molecule has 0 spiro atoms. The van der Waals surface area contributed by atoms with Gasteiger partial charge < -0.3 is 19.2 Å². The van der Waals surface area contributed by atoms with Crippen LogP contribution in [0.4, 0.5) is 5.69 Å². The first-order valence-electron chi connectivity index (χ1n) is 9.57. The van der Waals surface area contributed by atoms with Crippen molar-refractivity contribution in [2.24, 2.45) is 0 Å². The predicted molar refractivity (Wildman–Crippen MR) is 107 cm³/mol. The predicted octanol–water partition coefficient (Wildman–Crippen LogP) is 2.66. The van der Waals surface area contributed by atoms with E-state index in [0.717, 1.165) is 0 Å². The quantitative estimate of drug-likeness (QED) is 0.702. The number of rotatable bonds is 8. The summed E-state index contributed by atoms with van der Waals surface area (Å²) in [6, 6.07) is 8.10. The molecule has 0 unspecified atom stereocenters. The van der Waals surface area contributed by atoms with Crippen LogP contribution in [-0.4, -0.2) is 51.0 Å². The lowest BCUT2D eigenvalue weighted by atomic mass is 10.2. The number of hydrogen-bond donors (Lipinski definition) is 1. The second-order valence-electron chi connectivity index (χ2n) is 6.97. The van der Waals surface area contributed by atoms with E-state index in [1.165, 1.54) is 16.4 Å². The molecule has 1 aliphatic heterocycles. The zero-order valence-corrected chi connectivity index (χ0v) is 17.4. The lowest BCUT2D eigenvalue weighted by Crippen LogP contribution is -2.40. The van der Waals surface area contributed by atoms with Crippen LogP contribution in [0.15, 0.2) is 45.9 Å². The number of morpholine rings is 1. The number of furan rings is 1. The molecule has 0 atom stereocenters. The fourth-order valence-corrected chi connectivity index (χ4v) is 4.40. The summed E-state index contributed by atoms with van der Waals surface area (Å²) in [5.74, 6) is 0.880. The number of ether oxygens (including phenoxy) is 2. The smallest absolute Gasteiger partial charge is 0.243 e. The van der Waals surface area contributed by atoms with Crippen LogP contribution in [0, 0.1) is 0 Å². The van der Waals surface area contributed by atoms with Gasteiger partial charge in [0.05, 0.1) is 36.2 Å². The van der Waals surface area contributed by atoms with Crippen LogP contribution in [0.5, 0.6) is 5.75 Å². The minimum Gasteiger partial charge on any atom is -0.489 e. The molecule has 158 valence electrons. The van der Waals surface area contributed by atoms with Gasteiger partial charge in [-0.25, -0.2) is 8.42 Å². The van der Waals surface area contributed by atoms with E-state index in [4.69, 9.17) is 13.9 Å². The summed E-state index contributed by atoms with van der Waals surface area (Å²) in [7, 11) is -3.68. The third-order valence-corrected chi connectivity index (χ3v) is 6.27. The summed E-state index contributed by atoms with van der Waals surface area (Å²) in [6.45, 7) is 5.06. The second kappa shape index (κ2) is 9.43. The molecule has 1 aromatic carbocycles. The number of sulfonamides is 1. The number of carbonyl (C=O) groups excluding carboxylic acids is 1. The van der Waals surface area contributed by atoms with Crippen molar-refractivity contribution in [3.63, 3.8) is 0 Å². The number of nitrogens with one attached hydrogen (secondary N) is 1. The number of hydrogen-bond acceptors (Lipinski definition) is 6. The fourth-order valence-electron chi connectivity index (χ4n) is 2.96. The van der Waals surface area contributed by atoms with Crippen LogP contribution in [0.2, 0.25) is 0 Å². The lowest BCUT2D eigenvalue weighted by Gasteiger charge is -2.26. The number of carbonyl (C=O) groups is 1. The first kappa shape index (κ1) is 21.4. The van der Waals surface area contributed by atoms with Gasteiger partial charge in [-0.1, -0.05) is 0 Å². The van der Waals surface area contributed by atoms with Crippen LogP contribution in [0.25, 0.3) is 0 Å². The molecule has 29 heavy (non-hydrogen) atoms. The van der Waals surface area contributed by atoms with Crippen LogP contribution < -0.4 is 10.1 Å². The van der Waals surface area contributed by atoms with Gasteiger partial charge in [-0.15, -0.1) is 0 Å². The summed E-state index contributed by atoms with van der Waals surface area (Å²) in [6.07, 6.45) is 2.08. The largest absolute Gasteiger partial charge is 0.489 e. The van der Waals surface area contributed by atoms with Crippen molar-refractivity contribution in [1.29, 1.82) is 0 Å². The lowest BCUT2D eigenvalue weighted by molar-refractivity contribution is -0.116. The Morgan fingerprint density at radius 3 is 2.66 bits per heavy atom. The van der Waals surface area contributed by atoms with Gasteiger partial charge in [0, 0.05) is 25.9 Å². The number of benzene rings is 1. The Kier molecular flexibility index (Phi) is 6.94. The molecule has 1 aromatic heterocycles. The number of anilines is 1. The summed E-state index contributed by atoms with van der Waals surface area (Å²) in [5.41, 5.74) is 0.331. The highest BCUT2D eigenvalue weighted by molar-refractivity contribution is 7.89. The summed E-state index contributed by atoms with van der Waals surface area (Å²) >= 11 is 0. The van der Waals surface area contributed by atoms with Crippen LogP contribution in [-0.2, 0) is 26.0 Å². The van der Waals surface area contributed by atoms with Crippen molar-refractivity contribution in [3.05, 3.63) is 42.4 Å². The Hall–Kier alpha value is -2.36. The van der Waals surface area contributed by atoms with Gasteiger partial charge in [0.25, 0.3) is 0 Å². The van der Waals surface area contributed by atoms with Crippen LogP contribution >= 0.6 is 0 Å². The minimum atomic E-state index is -3.68. The highest BCUT2D eigenvalue weighted by atomic mass is 32.2. The molecule has 3 rings (SSSR count). The third-order valence-electron chi connectivity index (χ3n) is 4.37. The van der Waals surface area contributed by atoms with Gasteiger partial charge in [-0.05, 0) is 44.2 Å². The minimum absolute atomic E-state index is 0.108. The third kappa shape index (κ3) is 5.59. The molecule has 0 aliphatic carbocycles. The Morgan fingerprint density at radius 2 is 2.00 bits per heavy atom. The molecule has 2 heterocycles. The fraction of sp³-hybridized carbons (Fsp3) is 0.450. The van der Waals surface area contributed by atoms with Crippen molar-refractivity contribution in [1.82, 2.24) is 4.31 Å². The zero-order valence-electron chi connectivity index (χ0n) is 16.6. The summed E-state index contributed by atoms with van der Waals surface area (Å²) in [4.78, 5) is 12.5. The molecule has 1 N–H and O–H groups in total. The molecule has 1 amide bonds. The molecule has 0 radical (unpaired) electrons. The van der Waals surface area contributed by atoms with Crippen molar-refractivity contribution in [3.8, 4) is 5.75 Å². The molecule has 0 bridgehead atoms. The SMILES string of the molecule is CC(C)Oc1ccc(S(=O)(=O)N2CCOCC2)cc1NC(=O)CCc1ccco1.